The Labute approximate surface area is 107 Å². The van der Waals surface area contributed by atoms with Gasteiger partial charge in [-0.1, -0.05) is 18.2 Å². The molecule has 0 unspecified atom stereocenters. The van der Waals surface area contributed by atoms with Gasteiger partial charge in [0.2, 0.25) is 0 Å². The molecule has 0 spiro atoms. The topological polar surface area (TPSA) is 104 Å². The van der Waals surface area contributed by atoms with Crippen molar-refractivity contribution >= 4 is 17.6 Å². The quantitative estimate of drug-likeness (QED) is 0.738. The molecule has 0 aliphatic carbocycles. The molecule has 0 aliphatic heterocycles. The molecule has 7 heteroatoms. The van der Waals surface area contributed by atoms with Crippen molar-refractivity contribution in [3.05, 3.63) is 58.5 Å². The van der Waals surface area contributed by atoms with Gasteiger partial charge in [-0.15, -0.1) is 0 Å². The van der Waals surface area contributed by atoms with E-state index in [2.05, 4.69) is 20.8 Å². The van der Waals surface area contributed by atoms with Gasteiger partial charge in [0.05, 0.1) is 11.9 Å². The molecule has 3 N–H and O–H groups in total. The van der Waals surface area contributed by atoms with E-state index >= 15 is 0 Å². The fourth-order valence-electron chi connectivity index (χ4n) is 1.37. The van der Waals surface area contributed by atoms with Crippen LogP contribution < -0.4 is 16.2 Å². The minimum atomic E-state index is -0.735. The summed E-state index contributed by atoms with van der Waals surface area (Å²) in [5.41, 5.74) is 0.107. The minimum absolute atomic E-state index is 0.196. The molecule has 19 heavy (non-hydrogen) atoms. The summed E-state index contributed by atoms with van der Waals surface area (Å²) in [6.45, 7) is 0. The van der Waals surface area contributed by atoms with E-state index in [1.165, 1.54) is 6.20 Å². The third-order valence-electron chi connectivity index (χ3n) is 2.19. The molecule has 1 aromatic heterocycles. The number of amides is 3. The Hall–Kier alpha value is -2.96. The largest absolute Gasteiger partial charge is 0.326 e. The first-order chi connectivity index (χ1) is 9.15. The second-order valence-corrected chi connectivity index (χ2v) is 3.61. The Morgan fingerprint density at radius 1 is 1.16 bits per heavy atom. The van der Waals surface area contributed by atoms with Crippen LogP contribution in [-0.2, 0) is 0 Å². The summed E-state index contributed by atoms with van der Waals surface area (Å²) in [5.74, 6) is -0.532. The monoisotopic (exact) mass is 258 g/mol. The zero-order valence-corrected chi connectivity index (χ0v) is 9.71. The van der Waals surface area contributed by atoms with Crippen molar-refractivity contribution in [2.75, 3.05) is 5.32 Å². The molecule has 0 aliphatic rings. The van der Waals surface area contributed by atoms with Crippen LogP contribution in [-0.4, -0.2) is 22.1 Å². The predicted molar refractivity (Wildman–Crippen MR) is 67.8 cm³/mol. The number of carbonyl (C=O) groups is 2. The maximum Gasteiger partial charge on any atom is 0.326 e. The lowest BCUT2D eigenvalue weighted by molar-refractivity contribution is 0.0967. The Morgan fingerprint density at radius 2 is 1.89 bits per heavy atom. The highest BCUT2D eigenvalue weighted by atomic mass is 16.2. The molecule has 2 rings (SSSR count). The van der Waals surface area contributed by atoms with Gasteiger partial charge in [0.25, 0.3) is 11.5 Å². The van der Waals surface area contributed by atoms with Crippen LogP contribution in [0.4, 0.5) is 10.5 Å². The molecule has 0 bridgehead atoms. The molecule has 0 atom stereocenters. The van der Waals surface area contributed by atoms with Gasteiger partial charge in [-0.05, 0) is 12.1 Å². The number of benzene rings is 1. The van der Waals surface area contributed by atoms with Gasteiger partial charge in [0, 0.05) is 11.6 Å². The second kappa shape index (κ2) is 5.58. The van der Waals surface area contributed by atoms with E-state index in [-0.39, 0.29) is 5.69 Å². The van der Waals surface area contributed by atoms with Crippen LogP contribution in [0.2, 0.25) is 0 Å². The molecule has 0 saturated heterocycles. The van der Waals surface area contributed by atoms with Gasteiger partial charge in [0.1, 0.15) is 0 Å². The van der Waals surface area contributed by atoms with E-state index in [0.717, 1.165) is 6.07 Å². The summed E-state index contributed by atoms with van der Waals surface area (Å²) in [4.78, 5) is 34.1. The SMILES string of the molecule is O=C(NC(=O)c1ccccc1)Nc1cn[nH]c(=O)c1. The van der Waals surface area contributed by atoms with Gasteiger partial charge in [-0.2, -0.15) is 5.10 Å². The number of carbonyl (C=O) groups excluding carboxylic acids is 2. The summed E-state index contributed by atoms with van der Waals surface area (Å²) in [5, 5.41) is 10.1. The maximum atomic E-state index is 11.7. The Balaban J connectivity index is 1.99. The summed E-state index contributed by atoms with van der Waals surface area (Å²) in [6.07, 6.45) is 1.26. The number of urea groups is 1. The number of nitrogens with zero attached hydrogens (tertiary/aromatic N) is 1. The lowest BCUT2D eigenvalue weighted by Gasteiger charge is -2.05. The lowest BCUT2D eigenvalue weighted by atomic mass is 10.2. The smallest absolute Gasteiger partial charge is 0.306 e. The zero-order chi connectivity index (χ0) is 13.7. The van der Waals surface area contributed by atoms with E-state index < -0.39 is 17.5 Å². The number of aromatic amines is 1. The number of rotatable bonds is 2. The fraction of sp³-hybridized carbons (Fsp3) is 0. The molecule has 2 aromatic rings. The van der Waals surface area contributed by atoms with Crippen molar-refractivity contribution in [1.82, 2.24) is 15.5 Å². The summed E-state index contributed by atoms with van der Waals surface area (Å²) in [6, 6.07) is 8.72. The summed E-state index contributed by atoms with van der Waals surface area (Å²) >= 11 is 0. The molecule has 3 amide bonds. The average molecular weight is 258 g/mol. The van der Waals surface area contributed by atoms with Crippen LogP contribution in [0, 0.1) is 0 Å². The minimum Gasteiger partial charge on any atom is -0.306 e. The van der Waals surface area contributed by atoms with Gasteiger partial charge in [0.15, 0.2) is 0 Å². The van der Waals surface area contributed by atoms with Crippen molar-refractivity contribution in [2.45, 2.75) is 0 Å². The average Bonchev–Trinajstić information content (AvgIpc) is 2.39. The normalized spacial score (nSPS) is 9.68. The first kappa shape index (κ1) is 12.5. The summed E-state index contributed by atoms with van der Waals surface area (Å²) in [7, 11) is 0. The maximum absolute atomic E-state index is 11.7. The molecular formula is C12H10N4O3. The zero-order valence-electron chi connectivity index (χ0n) is 9.71. The lowest BCUT2D eigenvalue weighted by Crippen LogP contribution is -2.34. The molecule has 0 saturated carbocycles. The fourth-order valence-corrected chi connectivity index (χ4v) is 1.37. The van der Waals surface area contributed by atoms with Crippen LogP contribution >= 0.6 is 0 Å². The number of H-pyrrole nitrogens is 1. The highest BCUT2D eigenvalue weighted by Gasteiger charge is 2.09. The van der Waals surface area contributed by atoms with Crippen LogP contribution in [0.3, 0.4) is 0 Å². The van der Waals surface area contributed by atoms with E-state index in [1.54, 1.807) is 30.3 Å². The third-order valence-corrected chi connectivity index (χ3v) is 2.19. The molecule has 0 radical (unpaired) electrons. The Kier molecular flexibility index (Phi) is 3.67. The van der Waals surface area contributed by atoms with Crippen molar-refractivity contribution in [2.24, 2.45) is 0 Å². The van der Waals surface area contributed by atoms with Gasteiger partial charge in [-0.25, -0.2) is 9.89 Å². The molecule has 1 heterocycles. The van der Waals surface area contributed by atoms with E-state index in [1.807, 2.05) is 0 Å². The Bertz CT molecular complexity index is 651. The highest BCUT2D eigenvalue weighted by Crippen LogP contribution is 2.00. The van der Waals surface area contributed by atoms with Gasteiger partial charge in [-0.3, -0.25) is 14.9 Å². The molecule has 7 nitrogen and oxygen atoms in total. The third kappa shape index (κ3) is 3.50. The predicted octanol–water partition coefficient (Wildman–Crippen LogP) is 0.732. The number of hydrogen-bond acceptors (Lipinski definition) is 4. The molecule has 0 fully saturated rings. The molecule has 96 valence electrons. The number of anilines is 1. The standard InChI is InChI=1S/C12H10N4O3/c17-10-6-9(7-13-16-10)14-12(19)15-11(18)8-4-2-1-3-5-8/h1-7H,(H3,14,15,16,17,18,19). The number of aromatic nitrogens is 2. The van der Waals surface area contributed by atoms with Crippen LogP contribution in [0.15, 0.2) is 47.4 Å². The van der Waals surface area contributed by atoms with Crippen molar-refractivity contribution in [3.8, 4) is 0 Å². The second-order valence-electron chi connectivity index (χ2n) is 3.61. The first-order valence-corrected chi connectivity index (χ1v) is 5.37. The number of hydrogen-bond donors (Lipinski definition) is 3. The van der Waals surface area contributed by atoms with Crippen LogP contribution in [0.25, 0.3) is 0 Å². The Morgan fingerprint density at radius 3 is 2.58 bits per heavy atom. The first-order valence-electron chi connectivity index (χ1n) is 5.37. The van der Waals surface area contributed by atoms with E-state index in [4.69, 9.17) is 0 Å². The van der Waals surface area contributed by atoms with E-state index in [0.29, 0.717) is 5.56 Å². The van der Waals surface area contributed by atoms with Crippen LogP contribution in [0.1, 0.15) is 10.4 Å². The van der Waals surface area contributed by atoms with Crippen LogP contribution in [0.5, 0.6) is 0 Å². The van der Waals surface area contributed by atoms with E-state index in [9.17, 15) is 14.4 Å². The van der Waals surface area contributed by atoms with Gasteiger partial charge < -0.3 is 5.32 Å². The summed E-state index contributed by atoms with van der Waals surface area (Å²) < 4.78 is 0. The number of nitrogens with one attached hydrogen (secondary N) is 3. The van der Waals surface area contributed by atoms with Crippen molar-refractivity contribution in [1.29, 1.82) is 0 Å². The van der Waals surface area contributed by atoms with Crippen molar-refractivity contribution < 1.29 is 9.59 Å². The number of imide groups is 1. The molecule has 1 aromatic carbocycles. The highest BCUT2D eigenvalue weighted by molar-refractivity contribution is 6.07. The van der Waals surface area contributed by atoms with Crippen molar-refractivity contribution in [3.63, 3.8) is 0 Å². The van der Waals surface area contributed by atoms with Gasteiger partial charge >= 0.3 is 6.03 Å². The molecular weight excluding hydrogens is 248 g/mol.